The second-order valence-corrected chi connectivity index (χ2v) is 14.1. The van der Waals surface area contributed by atoms with Crippen LogP contribution in [-0.2, 0) is 28.6 Å². The lowest BCUT2D eigenvalue weighted by Gasteiger charge is -2.47. The number of nitrogens with zero attached hydrogens (tertiary/aromatic N) is 1. The summed E-state index contributed by atoms with van der Waals surface area (Å²) in [5, 5.41) is 50.1. The highest BCUT2D eigenvalue weighted by Crippen LogP contribution is 2.40. The van der Waals surface area contributed by atoms with E-state index in [0.717, 1.165) is 0 Å². The summed E-state index contributed by atoms with van der Waals surface area (Å²) in [6.07, 6.45) is -4.90. The van der Waals surface area contributed by atoms with E-state index in [1.165, 1.54) is 14.0 Å². The van der Waals surface area contributed by atoms with Gasteiger partial charge in [-0.15, -0.1) is 0 Å². The van der Waals surface area contributed by atoms with Crippen LogP contribution in [0.2, 0.25) is 0 Å². The lowest BCUT2D eigenvalue weighted by atomic mass is 9.70. The van der Waals surface area contributed by atoms with Gasteiger partial charge in [0.2, 0.25) is 0 Å². The van der Waals surface area contributed by atoms with Crippen molar-refractivity contribution in [3.05, 3.63) is 0 Å². The summed E-state index contributed by atoms with van der Waals surface area (Å²) in [6.45, 7) is 16.8. The Morgan fingerprint density at radius 2 is 1.62 bits per heavy atom. The van der Waals surface area contributed by atoms with Crippen LogP contribution in [0.5, 0.6) is 0 Å². The van der Waals surface area contributed by atoms with E-state index in [4.69, 9.17) is 23.8 Å². The fourth-order valence-electron chi connectivity index (χ4n) is 6.95. The molecule has 2 aliphatic heterocycles. The van der Waals surface area contributed by atoms with Gasteiger partial charge in [-0.3, -0.25) is 9.18 Å². The average molecular weight is 650 g/mol. The van der Waals surface area contributed by atoms with Crippen LogP contribution < -0.4 is 0 Å². The number of esters is 1. The van der Waals surface area contributed by atoms with Gasteiger partial charge >= 0.3 is 5.97 Å². The summed E-state index contributed by atoms with van der Waals surface area (Å²) in [6, 6.07) is 0. The van der Waals surface area contributed by atoms with Crippen molar-refractivity contribution in [2.24, 2.45) is 34.7 Å². The molecule has 2 aliphatic rings. The molecule has 12 heteroatoms. The SMILES string of the molecule is CC[C@H]1OC(=O)[C@H](C)[C@@H](O[C@H]2C[C@@](C)(OC)[C@@H](O)[C@H](C)O2)[C@H](C)[C@@H](C)[C@](C)(O)C[C@@H](C)/C(=N\OCCCF)[C@H](C)[C@@H](O)[C@]1(C)O. The van der Waals surface area contributed by atoms with Gasteiger partial charge in [-0.05, 0) is 59.3 Å². The molecule has 2 fully saturated rings. The molecule has 0 saturated carbocycles. The van der Waals surface area contributed by atoms with E-state index >= 15 is 0 Å². The standard InChI is InChI=1S/C33H60FNO10/c1-12-24-33(10,40)28(36)20(4)26(35-42-15-13-14-34)18(2)16-31(8,39)22(6)19(3)27(21(5)30(38)44-24)45-25-17-32(9,41-11)29(37)23(7)43-25/h18-25,27-29,36-37,39-40H,12-17H2,1-11H3/b35-26+/t18-,19-,20+,21-,22-,23+,24-,25+,27+,28-,29+,31-,32-,33-/m1/s1. The molecule has 0 bridgehead atoms. The summed E-state index contributed by atoms with van der Waals surface area (Å²) in [7, 11) is 1.51. The molecule has 2 saturated heterocycles. The summed E-state index contributed by atoms with van der Waals surface area (Å²) in [5.74, 6) is -3.53. The Morgan fingerprint density at radius 1 is 1.00 bits per heavy atom. The fourth-order valence-corrected chi connectivity index (χ4v) is 6.95. The second kappa shape index (κ2) is 16.1. The molecule has 11 nitrogen and oxygen atoms in total. The Balaban J connectivity index is 2.60. The zero-order valence-electron chi connectivity index (χ0n) is 29.2. The molecule has 0 radical (unpaired) electrons. The number of alkyl halides is 1. The number of methoxy groups -OCH3 is 1. The van der Waals surface area contributed by atoms with E-state index in [9.17, 15) is 29.6 Å². The largest absolute Gasteiger partial charge is 0.459 e. The zero-order valence-corrected chi connectivity index (χ0v) is 29.2. The van der Waals surface area contributed by atoms with Gasteiger partial charge in [0.15, 0.2) is 6.29 Å². The number of aliphatic hydroxyl groups is 4. The second-order valence-electron chi connectivity index (χ2n) is 14.1. The number of aliphatic hydroxyl groups excluding tert-OH is 2. The first kappa shape index (κ1) is 39.8. The molecule has 0 aromatic heterocycles. The topological polar surface area (TPSA) is 156 Å². The molecule has 2 heterocycles. The summed E-state index contributed by atoms with van der Waals surface area (Å²) < 4.78 is 36.9. The molecular formula is C33H60FNO10. The summed E-state index contributed by atoms with van der Waals surface area (Å²) >= 11 is 0. The van der Waals surface area contributed by atoms with Crippen molar-refractivity contribution in [2.75, 3.05) is 20.4 Å². The summed E-state index contributed by atoms with van der Waals surface area (Å²) in [4.78, 5) is 19.2. The first-order valence-corrected chi connectivity index (χ1v) is 16.4. The zero-order chi connectivity index (χ0) is 34.5. The number of carbonyl (C=O) groups is 1. The number of hydrogen-bond donors (Lipinski definition) is 4. The highest BCUT2D eigenvalue weighted by Gasteiger charge is 2.50. The Labute approximate surface area is 268 Å². The van der Waals surface area contributed by atoms with E-state index in [-0.39, 0.29) is 32.3 Å². The van der Waals surface area contributed by atoms with Gasteiger partial charge in [-0.1, -0.05) is 39.8 Å². The number of halogens is 1. The average Bonchev–Trinajstić information content (AvgIpc) is 2.98. The first-order valence-electron chi connectivity index (χ1n) is 16.4. The minimum Gasteiger partial charge on any atom is -0.459 e. The molecule has 264 valence electrons. The predicted octanol–water partition coefficient (Wildman–Crippen LogP) is 3.77. The molecule has 0 unspecified atom stereocenters. The minimum atomic E-state index is -1.89. The van der Waals surface area contributed by atoms with Gasteiger partial charge in [-0.25, -0.2) is 0 Å². The van der Waals surface area contributed by atoms with Crippen LogP contribution in [0.3, 0.4) is 0 Å². The van der Waals surface area contributed by atoms with Crippen molar-refractivity contribution in [1.82, 2.24) is 0 Å². The smallest absolute Gasteiger partial charge is 0.311 e. The third kappa shape index (κ3) is 9.15. The predicted molar refractivity (Wildman–Crippen MR) is 167 cm³/mol. The molecule has 14 atom stereocenters. The highest BCUT2D eigenvalue weighted by molar-refractivity contribution is 5.88. The van der Waals surface area contributed by atoms with E-state index in [2.05, 4.69) is 5.16 Å². The maximum absolute atomic E-state index is 13.8. The van der Waals surface area contributed by atoms with E-state index in [1.54, 1.807) is 41.5 Å². The Hall–Kier alpha value is -1.41. The Morgan fingerprint density at radius 3 is 2.18 bits per heavy atom. The molecule has 0 aliphatic carbocycles. The normalized spacial score (nSPS) is 46.8. The van der Waals surface area contributed by atoms with Crippen LogP contribution in [0.15, 0.2) is 5.16 Å². The molecule has 0 spiro atoms. The van der Waals surface area contributed by atoms with Crippen molar-refractivity contribution in [3.63, 3.8) is 0 Å². The van der Waals surface area contributed by atoms with Crippen LogP contribution in [0.1, 0.15) is 94.9 Å². The van der Waals surface area contributed by atoms with Crippen molar-refractivity contribution >= 4 is 11.7 Å². The fraction of sp³-hybridized carbons (Fsp3) is 0.939. The van der Waals surface area contributed by atoms with Crippen LogP contribution >= 0.6 is 0 Å². The molecule has 0 amide bonds. The number of rotatable bonds is 8. The Kier molecular flexibility index (Phi) is 14.3. The Bertz CT molecular complexity index is 979. The van der Waals surface area contributed by atoms with Gasteiger partial charge in [0.25, 0.3) is 0 Å². The number of cyclic esters (lactones) is 1. The van der Waals surface area contributed by atoms with Gasteiger partial charge in [-0.2, -0.15) is 0 Å². The molecule has 0 aromatic carbocycles. The van der Waals surface area contributed by atoms with Gasteiger partial charge < -0.3 is 44.2 Å². The quantitative estimate of drug-likeness (QED) is 0.173. The van der Waals surface area contributed by atoms with E-state index in [0.29, 0.717) is 5.71 Å². The van der Waals surface area contributed by atoms with Crippen LogP contribution in [0, 0.1) is 29.6 Å². The monoisotopic (exact) mass is 649 g/mol. The first-order chi connectivity index (χ1) is 20.8. The number of ether oxygens (including phenoxy) is 4. The van der Waals surface area contributed by atoms with Crippen molar-refractivity contribution in [2.45, 2.75) is 149 Å². The molecule has 45 heavy (non-hydrogen) atoms. The number of hydrogen-bond acceptors (Lipinski definition) is 11. The maximum Gasteiger partial charge on any atom is 0.311 e. The van der Waals surface area contributed by atoms with Crippen molar-refractivity contribution < 1.29 is 53.4 Å². The van der Waals surface area contributed by atoms with Crippen LogP contribution in [0.4, 0.5) is 4.39 Å². The van der Waals surface area contributed by atoms with Crippen molar-refractivity contribution in [1.29, 1.82) is 0 Å². The van der Waals surface area contributed by atoms with E-state index in [1.807, 2.05) is 20.8 Å². The third-order valence-corrected chi connectivity index (χ3v) is 10.5. The molecule has 2 rings (SSSR count). The lowest BCUT2D eigenvalue weighted by molar-refractivity contribution is -0.298. The van der Waals surface area contributed by atoms with Crippen molar-refractivity contribution in [3.8, 4) is 0 Å². The summed E-state index contributed by atoms with van der Waals surface area (Å²) in [5.41, 5.74) is -3.76. The number of carbonyl (C=O) groups excluding carboxylic acids is 1. The highest BCUT2D eigenvalue weighted by atomic mass is 19.1. The van der Waals surface area contributed by atoms with Gasteiger partial charge in [0.1, 0.15) is 24.4 Å². The van der Waals surface area contributed by atoms with Gasteiger partial charge in [0.05, 0.1) is 47.8 Å². The third-order valence-electron chi connectivity index (χ3n) is 10.5. The van der Waals surface area contributed by atoms with E-state index < -0.39 is 95.8 Å². The molecule has 4 N–H and O–H groups in total. The van der Waals surface area contributed by atoms with Crippen LogP contribution in [-0.4, -0.2) is 106 Å². The lowest BCUT2D eigenvalue weighted by Crippen LogP contribution is -2.58. The maximum atomic E-state index is 13.8. The molecule has 0 aromatic rings. The van der Waals surface area contributed by atoms with Gasteiger partial charge in [0, 0.05) is 31.8 Å². The number of oxime groups is 1. The molecular weight excluding hydrogens is 589 g/mol. The van der Waals surface area contributed by atoms with Crippen LogP contribution in [0.25, 0.3) is 0 Å². The minimum absolute atomic E-state index is 0.0306.